The van der Waals surface area contributed by atoms with E-state index in [1.165, 1.54) is 5.69 Å². The van der Waals surface area contributed by atoms with E-state index in [1.54, 1.807) is 0 Å². The quantitative estimate of drug-likeness (QED) is 0.815. The fraction of sp³-hybridized carbons (Fsp3) is 0.600. The molecule has 3 nitrogen and oxygen atoms in total. The zero-order valence-corrected chi connectivity index (χ0v) is 12.2. The Morgan fingerprint density at radius 1 is 0.944 bits per heavy atom. The molecule has 0 saturated heterocycles. The van der Waals surface area contributed by atoms with Gasteiger partial charge in [0.25, 0.3) is 0 Å². The van der Waals surface area contributed by atoms with Gasteiger partial charge in [0, 0.05) is 18.1 Å². The predicted molar refractivity (Wildman–Crippen MR) is 75.3 cm³/mol. The van der Waals surface area contributed by atoms with Crippen molar-refractivity contribution in [1.29, 1.82) is 0 Å². The maximum atomic E-state index is 4.79. The van der Waals surface area contributed by atoms with Gasteiger partial charge in [0.1, 0.15) is 0 Å². The van der Waals surface area contributed by atoms with Gasteiger partial charge in [-0.25, -0.2) is 4.98 Å². The molecule has 2 rings (SSSR count). The Hall–Kier alpha value is -1.38. The molecule has 0 amide bonds. The molecule has 0 aliphatic rings. The standard InChI is InChI=1S/C15H23N3/c1-9(2)12-8-18-13(10(3)4)7-16-15(18)14(17-12)11(5)6/h7-11H,1-6H3. The molecule has 3 heteroatoms. The average molecular weight is 245 g/mol. The summed E-state index contributed by atoms with van der Waals surface area (Å²) in [5, 5.41) is 0. The molecular weight excluding hydrogens is 222 g/mol. The van der Waals surface area contributed by atoms with Gasteiger partial charge in [-0.3, -0.25) is 4.98 Å². The van der Waals surface area contributed by atoms with E-state index in [1.807, 2.05) is 6.20 Å². The Kier molecular flexibility index (Phi) is 3.42. The number of rotatable bonds is 3. The molecule has 0 aliphatic carbocycles. The molecule has 0 bridgehead atoms. The molecule has 0 spiro atoms. The first-order valence-electron chi connectivity index (χ1n) is 6.79. The predicted octanol–water partition coefficient (Wildman–Crippen LogP) is 4.10. The highest BCUT2D eigenvalue weighted by molar-refractivity contribution is 5.48. The van der Waals surface area contributed by atoms with Gasteiger partial charge in [-0.15, -0.1) is 0 Å². The van der Waals surface area contributed by atoms with Crippen molar-refractivity contribution < 1.29 is 0 Å². The third kappa shape index (κ3) is 2.14. The van der Waals surface area contributed by atoms with Crippen molar-refractivity contribution >= 4 is 5.65 Å². The molecule has 98 valence electrons. The van der Waals surface area contributed by atoms with E-state index in [0.29, 0.717) is 17.8 Å². The fourth-order valence-electron chi connectivity index (χ4n) is 2.14. The second-order valence-corrected chi connectivity index (χ2v) is 5.89. The van der Waals surface area contributed by atoms with Crippen molar-refractivity contribution in [3.8, 4) is 0 Å². The number of hydrogen-bond acceptors (Lipinski definition) is 2. The summed E-state index contributed by atoms with van der Waals surface area (Å²) in [6.45, 7) is 13.1. The highest BCUT2D eigenvalue weighted by Crippen LogP contribution is 2.25. The van der Waals surface area contributed by atoms with Gasteiger partial charge < -0.3 is 4.40 Å². The Bertz CT molecular complexity index is 550. The molecule has 0 unspecified atom stereocenters. The van der Waals surface area contributed by atoms with Crippen LogP contribution in [0.3, 0.4) is 0 Å². The van der Waals surface area contributed by atoms with Crippen LogP contribution in [0.1, 0.15) is 76.4 Å². The van der Waals surface area contributed by atoms with Crippen molar-refractivity contribution in [2.45, 2.75) is 59.3 Å². The third-order valence-electron chi connectivity index (χ3n) is 3.30. The van der Waals surface area contributed by atoms with Crippen molar-refractivity contribution in [3.05, 3.63) is 29.5 Å². The largest absolute Gasteiger partial charge is 0.300 e. The van der Waals surface area contributed by atoms with Gasteiger partial charge in [-0.1, -0.05) is 41.5 Å². The van der Waals surface area contributed by atoms with Gasteiger partial charge >= 0.3 is 0 Å². The highest BCUT2D eigenvalue weighted by Gasteiger charge is 2.16. The van der Waals surface area contributed by atoms with Gasteiger partial charge in [0.2, 0.25) is 0 Å². The van der Waals surface area contributed by atoms with E-state index in [4.69, 9.17) is 4.98 Å². The van der Waals surface area contributed by atoms with Crippen LogP contribution < -0.4 is 0 Å². The van der Waals surface area contributed by atoms with Crippen LogP contribution in [0, 0.1) is 0 Å². The average Bonchev–Trinajstić information content (AvgIpc) is 2.70. The second-order valence-electron chi connectivity index (χ2n) is 5.89. The Morgan fingerprint density at radius 2 is 1.61 bits per heavy atom. The lowest BCUT2D eigenvalue weighted by atomic mass is 10.1. The number of hydrogen-bond donors (Lipinski definition) is 0. The minimum absolute atomic E-state index is 0.397. The van der Waals surface area contributed by atoms with Gasteiger partial charge in [0.05, 0.1) is 11.4 Å². The summed E-state index contributed by atoms with van der Waals surface area (Å²) in [6, 6.07) is 0. The molecule has 0 radical (unpaired) electrons. The number of nitrogens with zero attached hydrogens (tertiary/aromatic N) is 3. The summed E-state index contributed by atoms with van der Waals surface area (Å²) in [7, 11) is 0. The smallest absolute Gasteiger partial charge is 0.159 e. The number of fused-ring (bicyclic) bond motifs is 1. The lowest BCUT2D eigenvalue weighted by Crippen LogP contribution is -2.06. The van der Waals surface area contributed by atoms with Crippen molar-refractivity contribution in [2.24, 2.45) is 0 Å². The summed E-state index contributed by atoms with van der Waals surface area (Å²) < 4.78 is 2.22. The molecule has 0 atom stereocenters. The maximum Gasteiger partial charge on any atom is 0.159 e. The fourth-order valence-corrected chi connectivity index (χ4v) is 2.14. The van der Waals surface area contributed by atoms with Crippen LogP contribution in [0.15, 0.2) is 12.4 Å². The molecule has 18 heavy (non-hydrogen) atoms. The molecule has 2 aromatic rings. The molecule has 0 aliphatic heterocycles. The zero-order chi connectivity index (χ0) is 13.4. The molecule has 0 N–H and O–H groups in total. The lowest BCUT2D eigenvalue weighted by molar-refractivity contribution is 0.737. The van der Waals surface area contributed by atoms with Crippen molar-refractivity contribution in [2.75, 3.05) is 0 Å². The van der Waals surface area contributed by atoms with Crippen LogP contribution in [-0.4, -0.2) is 14.4 Å². The molecule has 0 aromatic carbocycles. The Morgan fingerprint density at radius 3 is 2.11 bits per heavy atom. The van der Waals surface area contributed by atoms with E-state index in [-0.39, 0.29) is 0 Å². The highest BCUT2D eigenvalue weighted by atomic mass is 15.0. The van der Waals surface area contributed by atoms with E-state index in [2.05, 4.69) is 57.1 Å². The molecular formula is C15H23N3. The second kappa shape index (κ2) is 4.71. The van der Waals surface area contributed by atoms with Crippen LogP contribution in [0.2, 0.25) is 0 Å². The van der Waals surface area contributed by atoms with Crippen LogP contribution >= 0.6 is 0 Å². The normalized spacial score (nSPS) is 12.3. The van der Waals surface area contributed by atoms with Crippen molar-refractivity contribution in [1.82, 2.24) is 14.4 Å². The van der Waals surface area contributed by atoms with Crippen molar-refractivity contribution in [3.63, 3.8) is 0 Å². The molecule has 2 aromatic heterocycles. The Balaban J connectivity index is 2.75. The maximum absolute atomic E-state index is 4.79. The monoisotopic (exact) mass is 245 g/mol. The summed E-state index contributed by atoms with van der Waals surface area (Å²) >= 11 is 0. The van der Waals surface area contributed by atoms with Crippen LogP contribution in [-0.2, 0) is 0 Å². The minimum atomic E-state index is 0.397. The molecule has 0 saturated carbocycles. The van der Waals surface area contributed by atoms with Crippen LogP contribution in [0.4, 0.5) is 0 Å². The summed E-state index contributed by atoms with van der Waals surface area (Å²) in [5.41, 5.74) is 4.52. The first-order chi connectivity index (χ1) is 8.41. The van der Waals surface area contributed by atoms with Gasteiger partial charge in [0.15, 0.2) is 5.65 Å². The van der Waals surface area contributed by atoms with Crippen LogP contribution in [0.25, 0.3) is 5.65 Å². The minimum Gasteiger partial charge on any atom is -0.300 e. The zero-order valence-electron chi connectivity index (χ0n) is 12.2. The SMILES string of the molecule is CC(C)c1cn2c(C(C)C)cnc2c(C(C)C)n1. The summed E-state index contributed by atoms with van der Waals surface area (Å²) in [4.78, 5) is 9.35. The van der Waals surface area contributed by atoms with E-state index in [0.717, 1.165) is 17.0 Å². The third-order valence-corrected chi connectivity index (χ3v) is 3.30. The lowest BCUT2D eigenvalue weighted by Gasteiger charge is -2.14. The van der Waals surface area contributed by atoms with E-state index in [9.17, 15) is 0 Å². The van der Waals surface area contributed by atoms with E-state index < -0.39 is 0 Å². The topological polar surface area (TPSA) is 30.2 Å². The first-order valence-corrected chi connectivity index (χ1v) is 6.79. The molecule has 2 heterocycles. The van der Waals surface area contributed by atoms with Crippen LogP contribution in [0.5, 0.6) is 0 Å². The Labute approximate surface area is 109 Å². The van der Waals surface area contributed by atoms with E-state index >= 15 is 0 Å². The summed E-state index contributed by atoms with van der Waals surface area (Å²) in [6.07, 6.45) is 4.13. The first kappa shape index (κ1) is 13.1. The van der Waals surface area contributed by atoms with Gasteiger partial charge in [-0.05, 0) is 17.8 Å². The molecule has 0 fully saturated rings. The number of aromatic nitrogens is 3. The summed E-state index contributed by atoms with van der Waals surface area (Å²) in [5.74, 6) is 1.31. The number of imidazole rings is 1. The van der Waals surface area contributed by atoms with Gasteiger partial charge in [-0.2, -0.15) is 0 Å².